The van der Waals surface area contributed by atoms with E-state index in [-0.39, 0.29) is 11.3 Å². The van der Waals surface area contributed by atoms with Crippen LogP contribution in [0.1, 0.15) is 29.7 Å². The van der Waals surface area contributed by atoms with Crippen molar-refractivity contribution in [1.82, 2.24) is 9.80 Å². The molecule has 0 saturated carbocycles. The molecule has 8 nitrogen and oxygen atoms in total. The standard InChI is InChI=1S/C31H34N2O6/c1-5-38-24-14-11-22(12-15-24)29(34)27-28(33(18-17-32(2)3)31(36)30(27)35)23-13-16-25(26(19-23)37-4)39-20-21-9-7-6-8-10-21/h6-16,19,28,34H,5,17-18,20H2,1-4H3/b29-27+. The minimum Gasteiger partial charge on any atom is -0.507 e. The van der Waals surface area contributed by atoms with Gasteiger partial charge in [0, 0.05) is 18.7 Å². The van der Waals surface area contributed by atoms with E-state index in [0.29, 0.717) is 54.7 Å². The number of likely N-dealkylation sites (N-methyl/N-ethyl adjacent to an activating group) is 1. The quantitative estimate of drug-likeness (QED) is 0.219. The molecule has 0 bridgehead atoms. The number of methoxy groups -OCH3 is 1. The van der Waals surface area contributed by atoms with Gasteiger partial charge in [-0.3, -0.25) is 9.59 Å². The van der Waals surface area contributed by atoms with Crippen LogP contribution in [0.25, 0.3) is 5.76 Å². The van der Waals surface area contributed by atoms with Gasteiger partial charge in [-0.1, -0.05) is 36.4 Å². The second kappa shape index (κ2) is 12.5. The summed E-state index contributed by atoms with van der Waals surface area (Å²) in [4.78, 5) is 29.9. The van der Waals surface area contributed by atoms with Gasteiger partial charge in [-0.15, -0.1) is 0 Å². The Labute approximate surface area is 229 Å². The van der Waals surface area contributed by atoms with Gasteiger partial charge in [-0.2, -0.15) is 0 Å². The molecular formula is C31H34N2O6. The summed E-state index contributed by atoms with van der Waals surface area (Å²) in [6.07, 6.45) is 0. The zero-order valence-electron chi connectivity index (χ0n) is 22.7. The van der Waals surface area contributed by atoms with Gasteiger partial charge in [0.25, 0.3) is 11.7 Å². The van der Waals surface area contributed by atoms with E-state index in [9.17, 15) is 14.7 Å². The molecule has 8 heteroatoms. The Morgan fingerprint density at radius 1 is 0.949 bits per heavy atom. The molecule has 1 fully saturated rings. The number of benzene rings is 3. The van der Waals surface area contributed by atoms with E-state index in [1.165, 1.54) is 12.0 Å². The largest absolute Gasteiger partial charge is 0.507 e. The van der Waals surface area contributed by atoms with Gasteiger partial charge in [0.1, 0.15) is 18.1 Å². The molecule has 4 rings (SSSR count). The number of nitrogens with zero attached hydrogens (tertiary/aromatic N) is 2. The van der Waals surface area contributed by atoms with Crippen molar-refractivity contribution < 1.29 is 28.9 Å². The van der Waals surface area contributed by atoms with Gasteiger partial charge in [0.15, 0.2) is 11.5 Å². The average Bonchev–Trinajstić information content (AvgIpc) is 3.20. The molecule has 1 unspecified atom stereocenters. The molecule has 39 heavy (non-hydrogen) atoms. The molecule has 1 atom stereocenters. The van der Waals surface area contributed by atoms with Crippen LogP contribution in [0.4, 0.5) is 0 Å². The van der Waals surface area contributed by atoms with Gasteiger partial charge < -0.3 is 29.1 Å². The van der Waals surface area contributed by atoms with Crippen LogP contribution in [0, 0.1) is 0 Å². The molecular weight excluding hydrogens is 496 g/mol. The Hall–Kier alpha value is -4.30. The number of aliphatic hydroxyl groups excluding tert-OH is 1. The Morgan fingerprint density at radius 3 is 2.31 bits per heavy atom. The molecule has 1 heterocycles. The summed E-state index contributed by atoms with van der Waals surface area (Å²) < 4.78 is 17.1. The molecule has 1 saturated heterocycles. The second-order valence-electron chi connectivity index (χ2n) is 9.44. The number of Topliss-reactive ketones (excluding diaryl/α,β-unsaturated/α-hetero) is 1. The predicted octanol–water partition coefficient (Wildman–Crippen LogP) is 4.66. The zero-order chi connectivity index (χ0) is 27.9. The Kier molecular flexibility index (Phi) is 8.88. The fourth-order valence-electron chi connectivity index (χ4n) is 4.50. The first-order chi connectivity index (χ1) is 18.8. The molecule has 1 N–H and O–H groups in total. The van der Waals surface area contributed by atoms with Crippen LogP contribution in [0.5, 0.6) is 17.2 Å². The van der Waals surface area contributed by atoms with Crippen LogP contribution >= 0.6 is 0 Å². The Balaban J connectivity index is 1.74. The monoisotopic (exact) mass is 530 g/mol. The van der Waals surface area contributed by atoms with Crippen molar-refractivity contribution in [3.63, 3.8) is 0 Å². The van der Waals surface area contributed by atoms with E-state index >= 15 is 0 Å². The first-order valence-electron chi connectivity index (χ1n) is 12.8. The van der Waals surface area contributed by atoms with E-state index in [4.69, 9.17) is 14.2 Å². The zero-order valence-corrected chi connectivity index (χ0v) is 22.7. The highest BCUT2D eigenvalue weighted by molar-refractivity contribution is 6.46. The van der Waals surface area contributed by atoms with Crippen molar-refractivity contribution in [3.8, 4) is 17.2 Å². The summed E-state index contributed by atoms with van der Waals surface area (Å²) >= 11 is 0. The van der Waals surface area contributed by atoms with E-state index in [0.717, 1.165) is 5.56 Å². The molecule has 0 aromatic heterocycles. The number of ketones is 1. The van der Waals surface area contributed by atoms with Crippen molar-refractivity contribution in [2.24, 2.45) is 0 Å². The maximum Gasteiger partial charge on any atom is 0.295 e. The molecule has 1 amide bonds. The van der Waals surface area contributed by atoms with Crippen LogP contribution in [0.15, 0.2) is 78.4 Å². The highest BCUT2D eigenvalue weighted by Gasteiger charge is 2.46. The van der Waals surface area contributed by atoms with Crippen LogP contribution in [0.2, 0.25) is 0 Å². The maximum atomic E-state index is 13.3. The number of aliphatic hydroxyl groups is 1. The molecule has 0 spiro atoms. The fraction of sp³-hybridized carbons (Fsp3) is 0.290. The average molecular weight is 531 g/mol. The third kappa shape index (κ3) is 6.23. The molecule has 0 radical (unpaired) electrons. The molecule has 1 aliphatic rings. The SMILES string of the molecule is CCOc1ccc(/C(O)=C2\C(=O)C(=O)N(CCN(C)C)C2c2ccc(OCc3ccccc3)c(OC)c2)cc1. The number of likely N-dealkylation sites (tertiary alicyclic amines) is 1. The van der Waals surface area contributed by atoms with Gasteiger partial charge >= 0.3 is 0 Å². The fourth-order valence-corrected chi connectivity index (χ4v) is 4.50. The van der Waals surface area contributed by atoms with Gasteiger partial charge in [-0.25, -0.2) is 0 Å². The second-order valence-corrected chi connectivity index (χ2v) is 9.44. The van der Waals surface area contributed by atoms with Crippen molar-refractivity contribution >= 4 is 17.4 Å². The molecule has 3 aromatic rings. The van der Waals surface area contributed by atoms with Crippen LogP contribution < -0.4 is 14.2 Å². The topological polar surface area (TPSA) is 88.5 Å². The number of ether oxygens (including phenoxy) is 3. The normalized spacial score (nSPS) is 16.5. The molecule has 0 aliphatic carbocycles. The smallest absolute Gasteiger partial charge is 0.295 e. The molecule has 204 valence electrons. The lowest BCUT2D eigenvalue weighted by Gasteiger charge is -2.27. The lowest BCUT2D eigenvalue weighted by atomic mass is 9.95. The van der Waals surface area contributed by atoms with Crippen molar-refractivity contribution in [2.45, 2.75) is 19.6 Å². The van der Waals surface area contributed by atoms with Gasteiger partial charge in [0.2, 0.25) is 0 Å². The third-order valence-electron chi connectivity index (χ3n) is 6.51. The van der Waals surface area contributed by atoms with Crippen molar-refractivity contribution in [2.75, 3.05) is 40.9 Å². The molecule has 3 aromatic carbocycles. The predicted molar refractivity (Wildman–Crippen MR) is 149 cm³/mol. The lowest BCUT2D eigenvalue weighted by molar-refractivity contribution is -0.140. The Morgan fingerprint density at radius 2 is 1.67 bits per heavy atom. The van der Waals surface area contributed by atoms with E-state index < -0.39 is 17.7 Å². The number of hydrogen-bond donors (Lipinski definition) is 1. The number of hydrogen-bond acceptors (Lipinski definition) is 7. The summed E-state index contributed by atoms with van der Waals surface area (Å²) in [7, 11) is 5.33. The first-order valence-corrected chi connectivity index (χ1v) is 12.8. The summed E-state index contributed by atoms with van der Waals surface area (Å²) in [6, 6.07) is 21.1. The van der Waals surface area contributed by atoms with E-state index in [1.807, 2.05) is 56.3 Å². The number of carbonyl (C=O) groups is 2. The van der Waals surface area contributed by atoms with Gasteiger partial charge in [-0.05, 0) is 68.5 Å². The van der Waals surface area contributed by atoms with Gasteiger partial charge in [0.05, 0.1) is 25.3 Å². The number of carbonyl (C=O) groups excluding carboxylic acids is 2. The number of rotatable bonds is 11. The summed E-state index contributed by atoms with van der Waals surface area (Å²) in [5.74, 6) is 0.0146. The minimum absolute atomic E-state index is 0.0305. The first kappa shape index (κ1) is 27.7. The lowest BCUT2D eigenvalue weighted by Crippen LogP contribution is -2.35. The Bertz CT molecular complexity index is 1330. The highest BCUT2D eigenvalue weighted by atomic mass is 16.5. The van der Waals surface area contributed by atoms with Crippen molar-refractivity contribution in [1.29, 1.82) is 0 Å². The molecule has 1 aliphatic heterocycles. The van der Waals surface area contributed by atoms with Crippen molar-refractivity contribution in [3.05, 3.63) is 95.1 Å². The maximum absolute atomic E-state index is 13.3. The van der Waals surface area contributed by atoms with Crippen LogP contribution in [-0.2, 0) is 16.2 Å². The van der Waals surface area contributed by atoms with E-state index in [1.54, 1.807) is 42.5 Å². The summed E-state index contributed by atoms with van der Waals surface area (Å²) in [5, 5.41) is 11.3. The van der Waals surface area contributed by atoms with Crippen LogP contribution in [0.3, 0.4) is 0 Å². The number of amides is 1. The third-order valence-corrected chi connectivity index (χ3v) is 6.51. The highest BCUT2D eigenvalue weighted by Crippen LogP contribution is 2.42. The minimum atomic E-state index is -0.798. The summed E-state index contributed by atoms with van der Waals surface area (Å²) in [5.41, 5.74) is 2.09. The van der Waals surface area contributed by atoms with E-state index in [2.05, 4.69) is 0 Å². The van der Waals surface area contributed by atoms with Crippen LogP contribution in [-0.4, -0.2) is 67.5 Å². The summed E-state index contributed by atoms with van der Waals surface area (Å²) in [6.45, 7) is 3.60.